The van der Waals surface area contributed by atoms with Gasteiger partial charge in [0, 0.05) is 19.0 Å². The third-order valence-electron chi connectivity index (χ3n) is 2.88. The molecule has 1 aromatic rings. The van der Waals surface area contributed by atoms with Crippen LogP contribution in [-0.4, -0.2) is 36.7 Å². The Balaban J connectivity index is 2.50. The second kappa shape index (κ2) is 4.66. The highest BCUT2D eigenvalue weighted by molar-refractivity contribution is 6.05. The number of ether oxygens (including phenoxy) is 1. The number of rotatable bonds is 3. The molecule has 1 aliphatic heterocycles. The molecule has 1 aromatic carbocycles. The minimum Gasteiger partial charge on any atom is -0.496 e. The van der Waals surface area contributed by atoms with Crippen LogP contribution in [-0.2, 0) is 4.79 Å². The van der Waals surface area contributed by atoms with Gasteiger partial charge in [-0.15, -0.1) is 0 Å². The molecule has 1 saturated heterocycles. The first-order chi connectivity index (χ1) is 8.54. The molecule has 0 spiro atoms. The van der Waals surface area contributed by atoms with E-state index < -0.39 is 5.97 Å². The Labute approximate surface area is 104 Å². The van der Waals surface area contributed by atoms with Crippen LogP contribution in [0.4, 0.5) is 5.69 Å². The van der Waals surface area contributed by atoms with Gasteiger partial charge in [-0.05, 0) is 12.1 Å². The van der Waals surface area contributed by atoms with Gasteiger partial charge in [-0.2, -0.15) is 0 Å². The summed E-state index contributed by atoms with van der Waals surface area (Å²) >= 11 is 0. The second-order valence-corrected chi connectivity index (χ2v) is 4.13. The number of carbonyl (C=O) groups excluding carboxylic acids is 1. The number of carboxylic acids is 1. The van der Waals surface area contributed by atoms with Crippen molar-refractivity contribution in [2.24, 2.45) is 5.73 Å². The van der Waals surface area contributed by atoms with Crippen molar-refractivity contribution >= 4 is 17.6 Å². The van der Waals surface area contributed by atoms with Crippen molar-refractivity contribution in [3.05, 3.63) is 23.8 Å². The summed E-state index contributed by atoms with van der Waals surface area (Å²) in [6.07, 6.45) is 0.232. The van der Waals surface area contributed by atoms with Gasteiger partial charge in [0.25, 0.3) is 0 Å². The Bertz CT molecular complexity index is 501. The third-order valence-corrected chi connectivity index (χ3v) is 2.88. The monoisotopic (exact) mass is 250 g/mol. The minimum atomic E-state index is -1.13. The van der Waals surface area contributed by atoms with E-state index in [1.165, 1.54) is 12.0 Å². The van der Waals surface area contributed by atoms with Crippen LogP contribution in [0.5, 0.6) is 5.75 Å². The highest BCUT2D eigenvalue weighted by Gasteiger charge is 2.31. The number of aromatic carboxylic acids is 1. The normalized spacial score (nSPS) is 19.1. The van der Waals surface area contributed by atoms with E-state index in [0.29, 0.717) is 12.2 Å². The van der Waals surface area contributed by atoms with E-state index in [-0.39, 0.29) is 29.7 Å². The molecule has 6 nitrogen and oxygen atoms in total. The second-order valence-electron chi connectivity index (χ2n) is 4.13. The van der Waals surface area contributed by atoms with E-state index in [1.54, 1.807) is 18.2 Å². The molecule has 0 radical (unpaired) electrons. The summed E-state index contributed by atoms with van der Waals surface area (Å²) < 4.78 is 5.02. The SMILES string of the molecule is COc1cccc(N2CC(N)CC2=O)c1C(=O)O. The van der Waals surface area contributed by atoms with Crippen LogP contribution in [0.2, 0.25) is 0 Å². The molecule has 1 aliphatic rings. The van der Waals surface area contributed by atoms with Gasteiger partial charge in [0.1, 0.15) is 11.3 Å². The molecule has 0 saturated carbocycles. The summed E-state index contributed by atoms with van der Waals surface area (Å²) in [5.74, 6) is -1.07. The molecule has 2 rings (SSSR count). The van der Waals surface area contributed by atoms with Gasteiger partial charge in [-0.25, -0.2) is 4.79 Å². The predicted octanol–water partition coefficient (Wildman–Crippen LogP) is 0.457. The Morgan fingerprint density at radius 2 is 2.28 bits per heavy atom. The number of carboxylic acid groups (broad SMARTS) is 1. The number of benzene rings is 1. The zero-order valence-electron chi connectivity index (χ0n) is 9.92. The fourth-order valence-corrected chi connectivity index (χ4v) is 2.10. The van der Waals surface area contributed by atoms with Gasteiger partial charge in [0.05, 0.1) is 12.8 Å². The van der Waals surface area contributed by atoms with Crippen molar-refractivity contribution in [2.75, 3.05) is 18.6 Å². The first-order valence-electron chi connectivity index (χ1n) is 5.51. The quantitative estimate of drug-likeness (QED) is 0.812. The molecular formula is C12H14N2O4. The Hall–Kier alpha value is -2.08. The molecule has 3 N–H and O–H groups in total. The zero-order chi connectivity index (χ0) is 13.3. The first kappa shape index (κ1) is 12.4. The third kappa shape index (κ3) is 2.02. The lowest BCUT2D eigenvalue weighted by molar-refractivity contribution is -0.117. The Kier molecular flexibility index (Phi) is 3.20. The molecule has 1 fully saturated rings. The van der Waals surface area contributed by atoms with Crippen LogP contribution >= 0.6 is 0 Å². The van der Waals surface area contributed by atoms with Crippen molar-refractivity contribution in [1.82, 2.24) is 0 Å². The summed E-state index contributed by atoms with van der Waals surface area (Å²) in [5, 5.41) is 9.24. The number of methoxy groups -OCH3 is 1. The molecule has 1 heterocycles. The first-order valence-corrected chi connectivity index (χ1v) is 5.51. The standard InChI is InChI=1S/C12H14N2O4/c1-18-9-4-2-3-8(11(9)12(16)17)14-6-7(13)5-10(14)15/h2-4,7H,5-6,13H2,1H3,(H,16,17). The summed E-state index contributed by atoms with van der Waals surface area (Å²) in [6.45, 7) is 0.326. The molecule has 6 heteroatoms. The minimum absolute atomic E-state index is 0.0116. The lowest BCUT2D eigenvalue weighted by Gasteiger charge is -2.19. The number of hydrogen-bond donors (Lipinski definition) is 2. The predicted molar refractivity (Wildman–Crippen MR) is 64.9 cm³/mol. The van der Waals surface area contributed by atoms with Gasteiger partial charge in [-0.3, -0.25) is 4.79 Å². The lowest BCUT2D eigenvalue weighted by Crippen LogP contribution is -2.29. The number of anilines is 1. The molecule has 0 aromatic heterocycles. The maximum Gasteiger partial charge on any atom is 0.341 e. The highest BCUT2D eigenvalue weighted by Crippen LogP contribution is 2.31. The van der Waals surface area contributed by atoms with Gasteiger partial charge in [0.15, 0.2) is 0 Å². The summed E-state index contributed by atoms with van der Waals surface area (Å²) in [5.41, 5.74) is 6.03. The molecule has 1 amide bonds. The van der Waals surface area contributed by atoms with E-state index >= 15 is 0 Å². The summed E-state index contributed by atoms with van der Waals surface area (Å²) in [7, 11) is 1.39. The van der Waals surface area contributed by atoms with Crippen molar-refractivity contribution in [1.29, 1.82) is 0 Å². The zero-order valence-corrected chi connectivity index (χ0v) is 9.92. The summed E-state index contributed by atoms with van der Waals surface area (Å²) in [6, 6.07) is 4.53. The lowest BCUT2D eigenvalue weighted by atomic mass is 10.1. The topological polar surface area (TPSA) is 92.9 Å². The average molecular weight is 250 g/mol. The molecule has 0 aliphatic carbocycles. The van der Waals surface area contributed by atoms with Crippen LogP contribution < -0.4 is 15.4 Å². The van der Waals surface area contributed by atoms with E-state index in [0.717, 1.165) is 0 Å². The van der Waals surface area contributed by atoms with Crippen molar-refractivity contribution in [3.8, 4) is 5.75 Å². The molecule has 96 valence electrons. The fourth-order valence-electron chi connectivity index (χ4n) is 2.10. The number of amides is 1. The van der Waals surface area contributed by atoms with Gasteiger partial charge < -0.3 is 20.5 Å². The van der Waals surface area contributed by atoms with E-state index in [9.17, 15) is 14.7 Å². The summed E-state index contributed by atoms with van der Waals surface area (Å²) in [4.78, 5) is 24.5. The van der Waals surface area contributed by atoms with Crippen LogP contribution in [0.3, 0.4) is 0 Å². The van der Waals surface area contributed by atoms with Crippen LogP contribution in [0.15, 0.2) is 18.2 Å². The number of nitrogens with zero attached hydrogens (tertiary/aromatic N) is 1. The molecular weight excluding hydrogens is 236 g/mol. The molecule has 1 unspecified atom stereocenters. The van der Waals surface area contributed by atoms with Gasteiger partial charge >= 0.3 is 5.97 Å². The van der Waals surface area contributed by atoms with Gasteiger partial charge in [0.2, 0.25) is 5.91 Å². The number of nitrogens with two attached hydrogens (primary N) is 1. The largest absolute Gasteiger partial charge is 0.496 e. The van der Waals surface area contributed by atoms with E-state index in [1.807, 2.05) is 0 Å². The molecule has 1 atom stereocenters. The van der Waals surface area contributed by atoms with Crippen LogP contribution in [0.1, 0.15) is 16.8 Å². The van der Waals surface area contributed by atoms with Crippen LogP contribution in [0.25, 0.3) is 0 Å². The van der Waals surface area contributed by atoms with E-state index in [2.05, 4.69) is 0 Å². The average Bonchev–Trinajstić information content (AvgIpc) is 2.67. The maximum absolute atomic E-state index is 11.8. The molecule has 0 bridgehead atoms. The highest BCUT2D eigenvalue weighted by atomic mass is 16.5. The van der Waals surface area contributed by atoms with E-state index in [4.69, 9.17) is 10.5 Å². The smallest absolute Gasteiger partial charge is 0.341 e. The number of carbonyl (C=O) groups is 2. The van der Waals surface area contributed by atoms with Crippen molar-refractivity contribution in [2.45, 2.75) is 12.5 Å². The Morgan fingerprint density at radius 1 is 1.56 bits per heavy atom. The van der Waals surface area contributed by atoms with Crippen LogP contribution in [0, 0.1) is 0 Å². The van der Waals surface area contributed by atoms with Crippen molar-refractivity contribution in [3.63, 3.8) is 0 Å². The fraction of sp³-hybridized carbons (Fsp3) is 0.333. The van der Waals surface area contributed by atoms with Crippen molar-refractivity contribution < 1.29 is 19.4 Å². The molecule has 18 heavy (non-hydrogen) atoms. The van der Waals surface area contributed by atoms with Gasteiger partial charge in [-0.1, -0.05) is 6.07 Å². The Morgan fingerprint density at radius 3 is 2.78 bits per heavy atom. The number of hydrogen-bond acceptors (Lipinski definition) is 4. The maximum atomic E-state index is 11.8.